The van der Waals surface area contributed by atoms with E-state index >= 15 is 0 Å². The molecule has 0 amide bonds. The monoisotopic (exact) mass is 388 g/mol. The molecule has 1 saturated heterocycles. The molecule has 2 heterocycles. The standard InChI is InChI=1S/C11H17BrN2O2S2.ClH/c1-14(8-9-4-2-3-7-13-9)18(15,16)11-6-5-10(12)17-11;/h5-6,9,13H,2-4,7-8H2,1H3;1H. The van der Waals surface area contributed by atoms with E-state index in [2.05, 4.69) is 21.2 Å². The van der Waals surface area contributed by atoms with Crippen LogP contribution in [0.15, 0.2) is 20.1 Å². The number of nitrogens with one attached hydrogen (secondary N) is 1. The molecular formula is C11H18BrClN2O2S2. The highest BCUT2D eigenvalue weighted by Gasteiger charge is 2.25. The molecule has 1 fully saturated rings. The second-order valence-corrected chi connectivity index (χ2v) is 9.23. The van der Waals surface area contributed by atoms with Gasteiger partial charge in [0.25, 0.3) is 10.0 Å². The molecule has 0 aromatic carbocycles. The summed E-state index contributed by atoms with van der Waals surface area (Å²) in [6.45, 7) is 1.53. The predicted molar refractivity (Wildman–Crippen MR) is 84.7 cm³/mol. The van der Waals surface area contributed by atoms with Gasteiger partial charge in [0, 0.05) is 19.6 Å². The fourth-order valence-corrected chi connectivity index (χ4v) is 5.52. The van der Waals surface area contributed by atoms with Crippen molar-refractivity contribution in [3.05, 3.63) is 15.9 Å². The molecule has 8 heteroatoms. The third kappa shape index (κ3) is 4.41. The molecular weight excluding hydrogens is 372 g/mol. The van der Waals surface area contributed by atoms with Crippen molar-refractivity contribution in [2.24, 2.45) is 0 Å². The summed E-state index contributed by atoms with van der Waals surface area (Å²) in [5.41, 5.74) is 0. The Labute approximate surface area is 133 Å². The van der Waals surface area contributed by atoms with Crippen LogP contribution in [-0.4, -0.2) is 38.9 Å². The lowest BCUT2D eigenvalue weighted by molar-refractivity contribution is 0.338. The van der Waals surface area contributed by atoms with Crippen LogP contribution in [0.25, 0.3) is 0 Å². The number of piperidine rings is 1. The Bertz CT molecular complexity index is 501. The molecule has 0 radical (unpaired) electrons. The zero-order valence-electron chi connectivity index (χ0n) is 10.6. The van der Waals surface area contributed by atoms with Gasteiger partial charge < -0.3 is 5.32 Å². The average Bonchev–Trinajstić information content (AvgIpc) is 2.78. The smallest absolute Gasteiger partial charge is 0.252 e. The van der Waals surface area contributed by atoms with Gasteiger partial charge in [-0.15, -0.1) is 23.7 Å². The first-order chi connectivity index (χ1) is 8.50. The van der Waals surface area contributed by atoms with E-state index < -0.39 is 10.0 Å². The summed E-state index contributed by atoms with van der Waals surface area (Å²) in [6, 6.07) is 3.70. The molecule has 1 aromatic rings. The molecule has 0 spiro atoms. The third-order valence-electron chi connectivity index (χ3n) is 3.10. The molecule has 110 valence electrons. The van der Waals surface area contributed by atoms with Crippen LogP contribution in [0.4, 0.5) is 0 Å². The highest BCUT2D eigenvalue weighted by molar-refractivity contribution is 9.11. The minimum atomic E-state index is -3.34. The van der Waals surface area contributed by atoms with Gasteiger partial charge in [-0.1, -0.05) is 6.42 Å². The molecule has 1 unspecified atom stereocenters. The van der Waals surface area contributed by atoms with Crippen LogP contribution in [0.5, 0.6) is 0 Å². The van der Waals surface area contributed by atoms with E-state index in [1.54, 1.807) is 19.2 Å². The first-order valence-electron chi connectivity index (χ1n) is 5.95. The molecule has 1 aliphatic rings. The molecule has 2 rings (SSSR count). The predicted octanol–water partition coefficient (Wildman–Crippen LogP) is 2.70. The number of sulfonamides is 1. The van der Waals surface area contributed by atoms with Crippen molar-refractivity contribution in [2.45, 2.75) is 29.5 Å². The molecule has 19 heavy (non-hydrogen) atoms. The number of hydrogen-bond acceptors (Lipinski definition) is 4. The normalized spacial score (nSPS) is 20.3. The van der Waals surface area contributed by atoms with E-state index in [0.717, 1.165) is 16.8 Å². The zero-order valence-corrected chi connectivity index (χ0v) is 14.7. The highest BCUT2D eigenvalue weighted by atomic mass is 79.9. The van der Waals surface area contributed by atoms with Crippen molar-refractivity contribution < 1.29 is 8.42 Å². The molecule has 1 aromatic heterocycles. The van der Waals surface area contributed by atoms with E-state index in [1.807, 2.05) is 0 Å². The van der Waals surface area contributed by atoms with Gasteiger partial charge >= 0.3 is 0 Å². The van der Waals surface area contributed by atoms with Gasteiger partial charge in [-0.25, -0.2) is 8.42 Å². The highest BCUT2D eigenvalue weighted by Crippen LogP contribution is 2.28. The van der Waals surface area contributed by atoms with Crippen LogP contribution in [0.2, 0.25) is 0 Å². The quantitative estimate of drug-likeness (QED) is 0.861. The minimum Gasteiger partial charge on any atom is -0.313 e. The SMILES string of the molecule is CN(CC1CCCCN1)S(=O)(=O)c1ccc(Br)s1.Cl. The fraction of sp³-hybridized carbons (Fsp3) is 0.636. The van der Waals surface area contributed by atoms with Crippen molar-refractivity contribution in [3.63, 3.8) is 0 Å². The second-order valence-electron chi connectivity index (χ2n) is 4.49. The van der Waals surface area contributed by atoms with Crippen molar-refractivity contribution in [2.75, 3.05) is 20.1 Å². The Morgan fingerprint density at radius 1 is 1.47 bits per heavy atom. The van der Waals surface area contributed by atoms with E-state index in [4.69, 9.17) is 0 Å². The summed E-state index contributed by atoms with van der Waals surface area (Å²) in [5.74, 6) is 0. The maximum atomic E-state index is 12.3. The molecule has 0 bridgehead atoms. The molecule has 1 aliphatic heterocycles. The molecule has 1 atom stereocenters. The number of hydrogen-bond donors (Lipinski definition) is 1. The van der Waals surface area contributed by atoms with Gasteiger partial charge in [0.05, 0.1) is 3.79 Å². The van der Waals surface area contributed by atoms with Crippen LogP contribution < -0.4 is 5.32 Å². The first-order valence-corrected chi connectivity index (χ1v) is 9.00. The number of likely N-dealkylation sites (N-methyl/N-ethyl adjacent to an activating group) is 1. The van der Waals surface area contributed by atoms with Gasteiger partial charge in [0.1, 0.15) is 4.21 Å². The lowest BCUT2D eigenvalue weighted by Gasteiger charge is -2.27. The largest absolute Gasteiger partial charge is 0.313 e. The van der Waals surface area contributed by atoms with Crippen LogP contribution in [-0.2, 0) is 10.0 Å². The van der Waals surface area contributed by atoms with Crippen molar-refractivity contribution in [1.29, 1.82) is 0 Å². The van der Waals surface area contributed by atoms with Gasteiger partial charge in [-0.2, -0.15) is 4.31 Å². The van der Waals surface area contributed by atoms with E-state index in [-0.39, 0.29) is 18.4 Å². The summed E-state index contributed by atoms with van der Waals surface area (Å²) in [4.78, 5) is 0. The Morgan fingerprint density at radius 2 is 2.21 bits per heavy atom. The summed E-state index contributed by atoms with van der Waals surface area (Å²) < 4.78 is 27.3. The number of halogens is 2. The van der Waals surface area contributed by atoms with E-state index in [1.165, 1.54) is 28.5 Å². The molecule has 1 N–H and O–H groups in total. The van der Waals surface area contributed by atoms with Gasteiger partial charge in [-0.3, -0.25) is 0 Å². The number of thiophene rings is 1. The topological polar surface area (TPSA) is 49.4 Å². The lowest BCUT2D eigenvalue weighted by Crippen LogP contribution is -2.44. The minimum absolute atomic E-state index is 0. The summed E-state index contributed by atoms with van der Waals surface area (Å²) in [6.07, 6.45) is 3.41. The summed E-state index contributed by atoms with van der Waals surface area (Å²) in [5, 5.41) is 3.37. The van der Waals surface area contributed by atoms with Crippen molar-refractivity contribution in [3.8, 4) is 0 Å². The van der Waals surface area contributed by atoms with E-state index in [0.29, 0.717) is 10.8 Å². The average molecular weight is 390 g/mol. The van der Waals surface area contributed by atoms with Crippen LogP contribution in [0.3, 0.4) is 0 Å². The molecule has 0 saturated carbocycles. The number of nitrogens with zero attached hydrogens (tertiary/aromatic N) is 1. The van der Waals surface area contributed by atoms with Crippen molar-refractivity contribution in [1.82, 2.24) is 9.62 Å². The zero-order chi connectivity index (χ0) is 13.2. The summed E-state index contributed by atoms with van der Waals surface area (Å²) >= 11 is 4.55. The maximum absolute atomic E-state index is 12.3. The van der Waals surface area contributed by atoms with Crippen LogP contribution in [0, 0.1) is 0 Å². The Kier molecular flexibility index (Phi) is 6.75. The summed E-state index contributed by atoms with van der Waals surface area (Å²) in [7, 11) is -1.68. The van der Waals surface area contributed by atoms with E-state index in [9.17, 15) is 8.42 Å². The maximum Gasteiger partial charge on any atom is 0.252 e. The van der Waals surface area contributed by atoms with Crippen LogP contribution >= 0.6 is 39.7 Å². The van der Waals surface area contributed by atoms with Gasteiger partial charge in [-0.05, 0) is 47.4 Å². The Morgan fingerprint density at radius 3 is 2.74 bits per heavy atom. The van der Waals surface area contributed by atoms with Gasteiger partial charge in [0.15, 0.2) is 0 Å². The van der Waals surface area contributed by atoms with Gasteiger partial charge in [0.2, 0.25) is 0 Å². The second kappa shape index (κ2) is 7.38. The van der Waals surface area contributed by atoms with Crippen LogP contribution in [0.1, 0.15) is 19.3 Å². The first kappa shape index (κ1) is 17.4. The Hall–Kier alpha value is 0.340. The fourth-order valence-electron chi connectivity index (χ4n) is 2.08. The third-order valence-corrected chi connectivity index (χ3v) is 7.02. The molecule has 4 nitrogen and oxygen atoms in total. The lowest BCUT2D eigenvalue weighted by atomic mass is 10.1. The molecule has 0 aliphatic carbocycles. The number of rotatable bonds is 4. The van der Waals surface area contributed by atoms with Crippen molar-refractivity contribution >= 4 is 49.7 Å². The Balaban J connectivity index is 0.00000180.